The predicted octanol–water partition coefficient (Wildman–Crippen LogP) is 3.86. The Labute approximate surface area is 145 Å². The fraction of sp³-hybridized carbons (Fsp3) is 0.500. The van der Waals surface area contributed by atoms with E-state index in [4.69, 9.17) is 11.6 Å². The van der Waals surface area contributed by atoms with Gasteiger partial charge in [0.25, 0.3) is 0 Å². The Morgan fingerprint density at radius 3 is 2.70 bits per heavy atom. The summed E-state index contributed by atoms with van der Waals surface area (Å²) in [7, 11) is 1.98. The molecule has 0 bridgehead atoms. The molecule has 1 fully saturated rings. The summed E-state index contributed by atoms with van der Waals surface area (Å²) in [5, 5.41) is 8.55. The predicted molar refractivity (Wildman–Crippen MR) is 94.8 cm³/mol. The van der Waals surface area contributed by atoms with Gasteiger partial charge in [0.15, 0.2) is 0 Å². The van der Waals surface area contributed by atoms with Crippen LogP contribution in [0.1, 0.15) is 32.4 Å². The number of anilines is 2. The van der Waals surface area contributed by atoms with E-state index in [0.29, 0.717) is 5.92 Å². The van der Waals surface area contributed by atoms with Gasteiger partial charge in [-0.25, -0.2) is 0 Å². The van der Waals surface area contributed by atoms with Gasteiger partial charge < -0.3 is 9.80 Å². The topological polar surface area (TPSA) is 52.2 Å². The second-order valence-electron chi connectivity index (χ2n) is 6.97. The van der Waals surface area contributed by atoms with Crippen LogP contribution in [0.4, 0.5) is 10.8 Å². The van der Waals surface area contributed by atoms with Gasteiger partial charge in [0, 0.05) is 37.5 Å². The Morgan fingerprint density at radius 1 is 1.43 bits per heavy atom. The van der Waals surface area contributed by atoms with Crippen molar-refractivity contribution in [2.75, 3.05) is 25.0 Å². The van der Waals surface area contributed by atoms with Crippen LogP contribution in [0, 0.1) is 5.41 Å². The molecule has 1 amide bonds. The van der Waals surface area contributed by atoms with E-state index < -0.39 is 0 Å². The van der Waals surface area contributed by atoms with Crippen LogP contribution >= 0.6 is 22.9 Å². The van der Waals surface area contributed by atoms with Crippen LogP contribution in [0.25, 0.3) is 0 Å². The summed E-state index contributed by atoms with van der Waals surface area (Å²) < 4.78 is 0.766. The lowest BCUT2D eigenvalue weighted by Gasteiger charge is -2.41. The van der Waals surface area contributed by atoms with Crippen molar-refractivity contribution in [3.8, 4) is 0 Å². The molecule has 23 heavy (non-hydrogen) atoms. The molecule has 7 heteroatoms. The largest absolute Gasteiger partial charge is 0.341 e. The number of nitrogens with zero attached hydrogens (tertiary/aromatic N) is 3. The second-order valence-corrected chi connectivity index (χ2v) is 8.67. The highest BCUT2D eigenvalue weighted by atomic mass is 35.5. The molecule has 1 saturated heterocycles. The third-order valence-corrected chi connectivity index (χ3v) is 5.37. The van der Waals surface area contributed by atoms with E-state index in [1.165, 1.54) is 11.3 Å². The monoisotopic (exact) mass is 352 g/mol. The molecular weight excluding hydrogens is 332 g/mol. The van der Waals surface area contributed by atoms with Gasteiger partial charge in [0.1, 0.15) is 5.82 Å². The first-order valence-corrected chi connectivity index (χ1v) is 8.79. The van der Waals surface area contributed by atoms with Crippen LogP contribution in [0.3, 0.4) is 0 Å². The number of aromatic amines is 1. The van der Waals surface area contributed by atoms with E-state index in [1.54, 1.807) is 0 Å². The molecule has 3 rings (SSSR count). The van der Waals surface area contributed by atoms with Gasteiger partial charge >= 0.3 is 0 Å². The summed E-state index contributed by atoms with van der Waals surface area (Å²) in [6, 6.07) is 5.93. The Kier molecular flexibility index (Phi) is 4.14. The van der Waals surface area contributed by atoms with Gasteiger partial charge in [0.2, 0.25) is 5.91 Å². The molecule has 2 aromatic heterocycles. The molecule has 124 valence electrons. The fourth-order valence-electron chi connectivity index (χ4n) is 2.62. The zero-order chi connectivity index (χ0) is 16.8. The van der Waals surface area contributed by atoms with Gasteiger partial charge in [-0.2, -0.15) is 5.10 Å². The number of H-pyrrole nitrogens is 1. The molecule has 1 aliphatic rings. The third-order valence-electron chi connectivity index (χ3n) is 4.06. The van der Waals surface area contributed by atoms with Crippen molar-refractivity contribution in [3.63, 3.8) is 0 Å². The summed E-state index contributed by atoms with van der Waals surface area (Å²) in [5.41, 5.74) is 0.688. The average molecular weight is 353 g/mol. The van der Waals surface area contributed by atoms with Gasteiger partial charge in [-0.1, -0.05) is 32.4 Å². The number of carbonyl (C=O) groups excluding carboxylic acids is 1. The summed E-state index contributed by atoms with van der Waals surface area (Å²) in [6.45, 7) is 7.35. The minimum Gasteiger partial charge on any atom is -0.341 e. The highest BCUT2D eigenvalue weighted by Gasteiger charge is 2.37. The van der Waals surface area contributed by atoms with Crippen molar-refractivity contribution in [2.45, 2.75) is 26.7 Å². The molecule has 0 aliphatic carbocycles. The lowest BCUT2D eigenvalue weighted by molar-refractivity contribution is -0.144. The average Bonchev–Trinajstić information content (AvgIpc) is 3.04. The molecule has 1 aliphatic heterocycles. The second kappa shape index (κ2) is 5.83. The standard InChI is InChI=1S/C16H21ClN4OS/c1-16(2,3)15(22)21-8-10(9-21)11-7-13(19-18-11)20(4)14-6-5-12(17)23-14/h5-7,10H,8-9H2,1-4H3,(H,18,19). The van der Waals surface area contributed by atoms with Crippen LogP contribution in [0.5, 0.6) is 0 Å². The van der Waals surface area contributed by atoms with E-state index in [-0.39, 0.29) is 11.3 Å². The fourth-order valence-corrected chi connectivity index (χ4v) is 3.62. The SMILES string of the molecule is CN(c1cc(C2CN(C(=O)C(C)(C)C)C2)n[nH]1)c1ccc(Cl)s1. The van der Waals surface area contributed by atoms with Crippen LogP contribution in [0.2, 0.25) is 4.34 Å². The molecule has 0 radical (unpaired) electrons. The zero-order valence-electron chi connectivity index (χ0n) is 13.8. The number of aromatic nitrogens is 2. The van der Waals surface area contributed by atoms with Gasteiger partial charge in [-0.05, 0) is 12.1 Å². The minimum absolute atomic E-state index is 0.204. The maximum Gasteiger partial charge on any atom is 0.227 e. The number of hydrogen-bond donors (Lipinski definition) is 1. The Bertz CT molecular complexity index is 712. The Morgan fingerprint density at radius 2 is 2.13 bits per heavy atom. The number of amides is 1. The van der Waals surface area contributed by atoms with E-state index >= 15 is 0 Å². The number of thiophene rings is 1. The Hall–Kier alpha value is -1.53. The first kappa shape index (κ1) is 16.3. The van der Waals surface area contributed by atoms with Crippen molar-refractivity contribution < 1.29 is 4.79 Å². The summed E-state index contributed by atoms with van der Waals surface area (Å²) in [6.07, 6.45) is 0. The van der Waals surface area contributed by atoms with E-state index in [9.17, 15) is 4.79 Å². The maximum absolute atomic E-state index is 12.2. The molecular formula is C16H21ClN4OS. The maximum atomic E-state index is 12.2. The van der Waals surface area contributed by atoms with E-state index in [2.05, 4.69) is 16.3 Å². The minimum atomic E-state index is -0.319. The highest BCUT2D eigenvalue weighted by Crippen LogP contribution is 2.35. The quantitative estimate of drug-likeness (QED) is 0.912. The summed E-state index contributed by atoms with van der Waals surface area (Å²) >= 11 is 7.52. The van der Waals surface area contributed by atoms with Gasteiger partial charge in [0.05, 0.1) is 15.0 Å². The lowest BCUT2D eigenvalue weighted by atomic mass is 9.89. The van der Waals surface area contributed by atoms with Crippen LogP contribution in [-0.2, 0) is 4.79 Å². The summed E-state index contributed by atoms with van der Waals surface area (Å²) in [4.78, 5) is 16.1. The van der Waals surface area contributed by atoms with Gasteiger partial charge in [-0.15, -0.1) is 11.3 Å². The van der Waals surface area contributed by atoms with Crippen LogP contribution < -0.4 is 4.90 Å². The zero-order valence-corrected chi connectivity index (χ0v) is 15.3. The van der Waals surface area contributed by atoms with E-state index in [0.717, 1.165) is 33.9 Å². The van der Waals surface area contributed by atoms with Crippen molar-refractivity contribution >= 4 is 39.7 Å². The third kappa shape index (κ3) is 3.23. The molecule has 0 aromatic carbocycles. The smallest absolute Gasteiger partial charge is 0.227 e. The normalized spacial score (nSPS) is 15.6. The van der Waals surface area contributed by atoms with Crippen molar-refractivity contribution in [1.29, 1.82) is 0 Å². The first-order valence-electron chi connectivity index (χ1n) is 7.59. The molecule has 0 unspecified atom stereocenters. The van der Waals surface area contributed by atoms with Crippen LogP contribution in [0.15, 0.2) is 18.2 Å². The van der Waals surface area contributed by atoms with Gasteiger partial charge in [-0.3, -0.25) is 9.89 Å². The molecule has 0 spiro atoms. The first-order chi connectivity index (χ1) is 10.8. The highest BCUT2D eigenvalue weighted by molar-refractivity contribution is 7.20. The molecule has 2 aromatic rings. The number of halogens is 1. The van der Waals surface area contributed by atoms with Crippen molar-refractivity contribution in [2.24, 2.45) is 5.41 Å². The van der Waals surface area contributed by atoms with Crippen molar-refractivity contribution in [3.05, 3.63) is 28.2 Å². The number of rotatable bonds is 3. The Balaban J connectivity index is 1.64. The molecule has 0 atom stereocenters. The number of likely N-dealkylation sites (tertiary alicyclic amines) is 1. The lowest BCUT2D eigenvalue weighted by Crippen LogP contribution is -2.52. The molecule has 3 heterocycles. The molecule has 5 nitrogen and oxygen atoms in total. The number of carbonyl (C=O) groups is 1. The van der Waals surface area contributed by atoms with Crippen molar-refractivity contribution in [1.82, 2.24) is 15.1 Å². The number of hydrogen-bond acceptors (Lipinski definition) is 4. The van der Waals surface area contributed by atoms with E-state index in [1.807, 2.05) is 49.8 Å². The molecule has 0 saturated carbocycles. The van der Waals surface area contributed by atoms with Crippen LogP contribution in [-0.4, -0.2) is 41.1 Å². The molecule has 1 N–H and O–H groups in total. The number of nitrogens with one attached hydrogen (secondary N) is 1. The summed E-state index contributed by atoms with van der Waals surface area (Å²) in [5.74, 6) is 1.44.